The summed E-state index contributed by atoms with van der Waals surface area (Å²) < 4.78 is 28.7. The van der Waals surface area contributed by atoms with Gasteiger partial charge in [0.25, 0.3) is 5.91 Å². The molecule has 0 atom stereocenters. The maximum atomic E-state index is 13.1. The van der Waals surface area contributed by atoms with Gasteiger partial charge in [0.2, 0.25) is 0 Å². The molecule has 29 heavy (non-hydrogen) atoms. The minimum absolute atomic E-state index is 0.0596. The number of carbonyl (C=O) groups excluding carboxylic acids is 2. The van der Waals surface area contributed by atoms with Crippen LogP contribution < -0.4 is 0 Å². The summed E-state index contributed by atoms with van der Waals surface area (Å²) in [5, 5.41) is 0. The Morgan fingerprint density at radius 1 is 0.966 bits per heavy atom. The van der Waals surface area contributed by atoms with Crippen LogP contribution in [0.4, 0.5) is 0 Å². The molecule has 0 heterocycles. The summed E-state index contributed by atoms with van der Waals surface area (Å²) in [5.74, 6) is -0.799. The van der Waals surface area contributed by atoms with Crippen LogP contribution in [-0.2, 0) is 19.4 Å². The highest BCUT2D eigenvalue weighted by molar-refractivity contribution is 7.90. The Hall–Kier alpha value is -1.89. The molecule has 2 saturated carbocycles. The van der Waals surface area contributed by atoms with Gasteiger partial charge in [0.15, 0.2) is 16.4 Å². The van der Waals surface area contributed by atoms with Crippen molar-refractivity contribution in [2.45, 2.75) is 81.2 Å². The van der Waals surface area contributed by atoms with Gasteiger partial charge < -0.3 is 9.64 Å². The smallest absolute Gasteiger partial charge is 0.338 e. The van der Waals surface area contributed by atoms with Gasteiger partial charge in [0, 0.05) is 18.3 Å². The number of sulfone groups is 1. The molecule has 2 aliphatic rings. The molecule has 1 aromatic rings. The van der Waals surface area contributed by atoms with Crippen LogP contribution in [0.1, 0.15) is 74.6 Å². The molecular formula is C22H31NO5S. The quantitative estimate of drug-likeness (QED) is 0.654. The lowest BCUT2D eigenvalue weighted by Crippen LogP contribution is -2.50. The lowest BCUT2D eigenvalue weighted by molar-refractivity contribution is -0.141. The molecule has 1 aromatic carbocycles. The van der Waals surface area contributed by atoms with Crippen molar-refractivity contribution >= 4 is 21.7 Å². The normalized spacial score (nSPS) is 18.9. The maximum Gasteiger partial charge on any atom is 0.338 e. The summed E-state index contributed by atoms with van der Waals surface area (Å²) in [7, 11) is -3.42. The molecule has 0 aliphatic heterocycles. The summed E-state index contributed by atoms with van der Waals surface area (Å²) in [6, 6.07) is 6.22. The monoisotopic (exact) mass is 421 g/mol. The van der Waals surface area contributed by atoms with Crippen LogP contribution >= 0.6 is 0 Å². The van der Waals surface area contributed by atoms with E-state index in [0.717, 1.165) is 57.6 Å². The van der Waals surface area contributed by atoms with Crippen LogP contribution in [0.15, 0.2) is 29.2 Å². The van der Waals surface area contributed by atoms with E-state index in [4.69, 9.17) is 4.74 Å². The third-order valence-electron chi connectivity index (χ3n) is 6.05. The van der Waals surface area contributed by atoms with Gasteiger partial charge in [0.1, 0.15) is 0 Å². The average Bonchev–Trinajstić information content (AvgIpc) is 2.73. The summed E-state index contributed by atoms with van der Waals surface area (Å²) in [6.45, 7) is -0.297. The zero-order valence-electron chi connectivity index (χ0n) is 17.1. The minimum atomic E-state index is -3.42. The molecule has 6 nitrogen and oxygen atoms in total. The average molecular weight is 422 g/mol. The van der Waals surface area contributed by atoms with E-state index in [1.807, 2.05) is 4.90 Å². The van der Waals surface area contributed by atoms with Gasteiger partial charge in [0.05, 0.1) is 10.5 Å². The van der Waals surface area contributed by atoms with Gasteiger partial charge >= 0.3 is 5.97 Å². The highest BCUT2D eigenvalue weighted by Gasteiger charge is 2.32. The lowest BCUT2D eigenvalue weighted by atomic mass is 9.88. The number of amides is 1. The van der Waals surface area contributed by atoms with Crippen molar-refractivity contribution in [2.75, 3.05) is 12.9 Å². The van der Waals surface area contributed by atoms with Crippen LogP contribution in [0.25, 0.3) is 0 Å². The second-order valence-electron chi connectivity index (χ2n) is 8.26. The third-order valence-corrected chi connectivity index (χ3v) is 7.16. The Kier molecular flexibility index (Phi) is 7.33. The van der Waals surface area contributed by atoms with Gasteiger partial charge in [-0.25, -0.2) is 13.2 Å². The fourth-order valence-electron chi connectivity index (χ4n) is 4.56. The van der Waals surface area contributed by atoms with E-state index in [9.17, 15) is 18.0 Å². The van der Waals surface area contributed by atoms with E-state index >= 15 is 0 Å². The number of hydrogen-bond acceptors (Lipinski definition) is 5. The first-order chi connectivity index (χ1) is 13.9. The second kappa shape index (κ2) is 9.74. The second-order valence-corrected chi connectivity index (χ2v) is 10.3. The van der Waals surface area contributed by atoms with Crippen molar-refractivity contribution in [3.63, 3.8) is 0 Å². The molecule has 0 radical (unpaired) electrons. The van der Waals surface area contributed by atoms with Crippen LogP contribution in [0, 0.1) is 0 Å². The van der Waals surface area contributed by atoms with Crippen molar-refractivity contribution in [2.24, 2.45) is 0 Å². The molecule has 3 rings (SSSR count). The minimum Gasteiger partial charge on any atom is -0.452 e. The highest BCUT2D eigenvalue weighted by Crippen LogP contribution is 2.30. The van der Waals surface area contributed by atoms with Gasteiger partial charge in [-0.15, -0.1) is 0 Å². The number of carbonyl (C=O) groups is 2. The first-order valence-corrected chi connectivity index (χ1v) is 12.5. The predicted molar refractivity (Wildman–Crippen MR) is 110 cm³/mol. The predicted octanol–water partition coefficient (Wildman–Crippen LogP) is 3.74. The molecular weight excluding hydrogens is 390 g/mol. The summed E-state index contributed by atoms with van der Waals surface area (Å²) in [4.78, 5) is 27.5. The van der Waals surface area contributed by atoms with Gasteiger partial charge in [-0.1, -0.05) is 44.6 Å². The van der Waals surface area contributed by atoms with E-state index < -0.39 is 15.8 Å². The number of esters is 1. The van der Waals surface area contributed by atoms with Gasteiger partial charge in [-0.05, 0) is 43.9 Å². The van der Waals surface area contributed by atoms with Crippen molar-refractivity contribution in [3.05, 3.63) is 29.8 Å². The number of ether oxygens (including phenoxy) is 1. The van der Waals surface area contributed by atoms with Gasteiger partial charge in [-0.2, -0.15) is 0 Å². The largest absolute Gasteiger partial charge is 0.452 e. The van der Waals surface area contributed by atoms with E-state index in [1.54, 1.807) is 0 Å². The van der Waals surface area contributed by atoms with Crippen LogP contribution in [0.5, 0.6) is 0 Å². The first kappa shape index (κ1) is 21.8. The molecule has 0 unspecified atom stereocenters. The van der Waals surface area contributed by atoms with Gasteiger partial charge in [-0.3, -0.25) is 4.79 Å². The summed E-state index contributed by atoms with van der Waals surface area (Å²) in [6.07, 6.45) is 12.2. The Balaban J connectivity index is 1.67. The molecule has 7 heteroatoms. The molecule has 2 fully saturated rings. The Morgan fingerprint density at radius 3 is 2.03 bits per heavy atom. The number of rotatable bonds is 6. The van der Waals surface area contributed by atoms with Crippen LogP contribution in [-0.4, -0.2) is 50.1 Å². The zero-order valence-corrected chi connectivity index (χ0v) is 18.0. The summed E-state index contributed by atoms with van der Waals surface area (Å²) >= 11 is 0. The molecule has 1 amide bonds. The van der Waals surface area contributed by atoms with Crippen LogP contribution in [0.2, 0.25) is 0 Å². The topological polar surface area (TPSA) is 80.7 Å². The Labute approximate surface area is 173 Å². The standard InChI is InChI=1S/C22H31NO5S/c1-29(26,27)20-14-8-9-17(15-20)22(25)28-16-21(24)23(18-10-4-2-5-11-18)19-12-6-3-7-13-19/h8-9,14-15,18-19H,2-7,10-13,16H2,1H3. The third kappa shape index (κ3) is 5.81. The Bertz CT molecular complexity index is 805. The maximum absolute atomic E-state index is 13.1. The zero-order chi connectivity index (χ0) is 20.9. The number of hydrogen-bond donors (Lipinski definition) is 0. The van der Waals surface area contributed by atoms with E-state index in [1.165, 1.54) is 37.1 Å². The van der Waals surface area contributed by atoms with E-state index in [0.29, 0.717) is 0 Å². The number of benzene rings is 1. The molecule has 0 N–H and O–H groups in total. The summed E-state index contributed by atoms with van der Waals surface area (Å²) in [5.41, 5.74) is 0.141. The molecule has 0 aromatic heterocycles. The van der Waals surface area contributed by atoms with Crippen molar-refractivity contribution in [1.29, 1.82) is 0 Å². The fraction of sp³-hybridized carbons (Fsp3) is 0.636. The lowest BCUT2D eigenvalue weighted by Gasteiger charge is -2.41. The van der Waals surface area contributed by atoms with E-state index in [-0.39, 0.29) is 35.1 Å². The molecule has 2 aliphatic carbocycles. The highest BCUT2D eigenvalue weighted by atomic mass is 32.2. The fourth-order valence-corrected chi connectivity index (χ4v) is 5.23. The SMILES string of the molecule is CS(=O)(=O)c1cccc(C(=O)OCC(=O)N(C2CCCCC2)C2CCCCC2)c1. The number of nitrogens with zero attached hydrogens (tertiary/aromatic N) is 1. The van der Waals surface area contributed by atoms with Crippen molar-refractivity contribution in [1.82, 2.24) is 4.90 Å². The van der Waals surface area contributed by atoms with Crippen LogP contribution in [0.3, 0.4) is 0 Å². The van der Waals surface area contributed by atoms with Crippen molar-refractivity contribution in [3.8, 4) is 0 Å². The molecule has 0 spiro atoms. The molecule has 0 saturated heterocycles. The van der Waals surface area contributed by atoms with Crippen molar-refractivity contribution < 1.29 is 22.7 Å². The molecule has 0 bridgehead atoms. The Morgan fingerprint density at radius 2 is 1.52 bits per heavy atom. The molecule has 160 valence electrons. The first-order valence-electron chi connectivity index (χ1n) is 10.6. The van der Waals surface area contributed by atoms with E-state index in [2.05, 4.69) is 0 Å².